The first-order valence-corrected chi connectivity index (χ1v) is 7.74. The molecule has 0 fully saturated rings. The first-order chi connectivity index (χ1) is 9.22. The topological polar surface area (TPSA) is 46.5 Å². The summed E-state index contributed by atoms with van der Waals surface area (Å²) in [6, 6.07) is 0. The third-order valence-electron chi connectivity index (χ3n) is 3.41. The molecule has 1 N–H and O–H groups in total. The van der Waals surface area contributed by atoms with Crippen molar-refractivity contribution in [3.05, 3.63) is 11.6 Å². The standard InChI is InChI=1S/C16H30O3/c1-3-4-5-6-7-8-9-10-11-12-13-14-15(2)16(17)19-18/h14,18H,3-13H2,1-2H3. The quantitative estimate of drug-likeness (QED) is 0.228. The van der Waals surface area contributed by atoms with Crippen LogP contribution in [0.25, 0.3) is 0 Å². The molecule has 0 atom stereocenters. The molecule has 0 aromatic heterocycles. The van der Waals surface area contributed by atoms with E-state index in [1.165, 1.54) is 57.8 Å². The monoisotopic (exact) mass is 270 g/mol. The van der Waals surface area contributed by atoms with Crippen LogP contribution in [-0.4, -0.2) is 11.2 Å². The van der Waals surface area contributed by atoms with E-state index in [0.29, 0.717) is 5.57 Å². The van der Waals surface area contributed by atoms with Gasteiger partial charge in [-0.05, 0) is 19.8 Å². The molecule has 0 aliphatic rings. The maximum Gasteiger partial charge on any atom is 0.368 e. The molecule has 19 heavy (non-hydrogen) atoms. The highest BCUT2D eigenvalue weighted by Gasteiger charge is 2.03. The van der Waals surface area contributed by atoms with E-state index < -0.39 is 5.97 Å². The first-order valence-electron chi connectivity index (χ1n) is 7.74. The Balaban J connectivity index is 3.25. The molecule has 0 heterocycles. The van der Waals surface area contributed by atoms with Gasteiger partial charge < -0.3 is 0 Å². The second kappa shape index (κ2) is 13.6. The van der Waals surface area contributed by atoms with Gasteiger partial charge in [0.05, 0.1) is 0 Å². The summed E-state index contributed by atoms with van der Waals surface area (Å²) in [6.07, 6.45) is 15.9. The molecule has 0 saturated heterocycles. The van der Waals surface area contributed by atoms with E-state index in [-0.39, 0.29) is 0 Å². The van der Waals surface area contributed by atoms with Crippen LogP contribution in [0.4, 0.5) is 0 Å². The van der Waals surface area contributed by atoms with Crippen molar-refractivity contribution in [2.75, 3.05) is 0 Å². The fraction of sp³-hybridized carbons (Fsp3) is 0.812. The lowest BCUT2D eigenvalue weighted by Crippen LogP contribution is -2.01. The maximum atomic E-state index is 10.9. The summed E-state index contributed by atoms with van der Waals surface area (Å²) < 4.78 is 0. The van der Waals surface area contributed by atoms with E-state index in [4.69, 9.17) is 5.26 Å². The predicted octanol–water partition coefficient (Wildman–Crippen LogP) is 5.26. The molecule has 0 aliphatic carbocycles. The Hall–Kier alpha value is -0.830. The average molecular weight is 270 g/mol. The molecular weight excluding hydrogens is 240 g/mol. The molecular formula is C16H30O3. The third kappa shape index (κ3) is 12.0. The molecule has 0 rings (SSSR count). The summed E-state index contributed by atoms with van der Waals surface area (Å²) >= 11 is 0. The number of carbonyl (C=O) groups excluding carboxylic acids is 1. The van der Waals surface area contributed by atoms with Crippen molar-refractivity contribution < 1.29 is 14.9 Å². The summed E-state index contributed by atoms with van der Waals surface area (Å²) in [7, 11) is 0. The van der Waals surface area contributed by atoms with Gasteiger partial charge in [0.2, 0.25) is 0 Å². The zero-order valence-corrected chi connectivity index (χ0v) is 12.6. The van der Waals surface area contributed by atoms with Gasteiger partial charge in [0.25, 0.3) is 0 Å². The van der Waals surface area contributed by atoms with Crippen LogP contribution in [0.5, 0.6) is 0 Å². The van der Waals surface area contributed by atoms with E-state index >= 15 is 0 Å². The smallest absolute Gasteiger partial charge is 0.296 e. The lowest BCUT2D eigenvalue weighted by molar-refractivity contribution is -0.229. The van der Waals surface area contributed by atoms with Crippen LogP contribution in [0.15, 0.2) is 11.6 Å². The van der Waals surface area contributed by atoms with Crippen molar-refractivity contribution in [1.82, 2.24) is 0 Å². The van der Waals surface area contributed by atoms with Gasteiger partial charge in [0.15, 0.2) is 0 Å². The molecule has 0 aromatic rings. The summed E-state index contributed by atoms with van der Waals surface area (Å²) in [5.74, 6) is -0.646. The van der Waals surface area contributed by atoms with Gasteiger partial charge in [0, 0.05) is 5.57 Å². The van der Waals surface area contributed by atoms with E-state index in [2.05, 4.69) is 11.8 Å². The largest absolute Gasteiger partial charge is 0.368 e. The Morgan fingerprint density at radius 2 is 1.42 bits per heavy atom. The van der Waals surface area contributed by atoms with Crippen LogP contribution >= 0.6 is 0 Å². The van der Waals surface area contributed by atoms with Crippen LogP contribution in [0.3, 0.4) is 0 Å². The van der Waals surface area contributed by atoms with E-state index in [1.807, 2.05) is 6.08 Å². The van der Waals surface area contributed by atoms with Gasteiger partial charge in [-0.3, -0.25) is 4.89 Å². The SMILES string of the molecule is CCCCCCCCCCCCC=C(C)C(=O)OO. The summed E-state index contributed by atoms with van der Waals surface area (Å²) in [4.78, 5) is 14.5. The molecule has 0 aromatic carbocycles. The zero-order valence-electron chi connectivity index (χ0n) is 12.6. The number of allylic oxidation sites excluding steroid dienone is 1. The molecule has 0 amide bonds. The van der Waals surface area contributed by atoms with Gasteiger partial charge in [-0.15, -0.1) is 0 Å². The van der Waals surface area contributed by atoms with Crippen LogP contribution in [-0.2, 0) is 9.68 Å². The summed E-state index contributed by atoms with van der Waals surface area (Å²) in [5, 5.41) is 8.19. The lowest BCUT2D eigenvalue weighted by Gasteiger charge is -2.01. The lowest BCUT2D eigenvalue weighted by atomic mass is 10.1. The Kier molecular flexibility index (Phi) is 13.0. The second-order valence-corrected chi connectivity index (χ2v) is 5.24. The molecule has 3 nitrogen and oxygen atoms in total. The van der Waals surface area contributed by atoms with Gasteiger partial charge in [-0.2, -0.15) is 5.26 Å². The molecule has 112 valence electrons. The van der Waals surface area contributed by atoms with Crippen LogP contribution in [0.1, 0.15) is 84.5 Å². The normalized spacial score (nSPS) is 11.6. The Morgan fingerprint density at radius 1 is 0.947 bits per heavy atom. The van der Waals surface area contributed by atoms with E-state index in [9.17, 15) is 4.79 Å². The fourth-order valence-electron chi connectivity index (χ4n) is 2.11. The highest BCUT2D eigenvalue weighted by Crippen LogP contribution is 2.12. The molecule has 0 bridgehead atoms. The highest BCUT2D eigenvalue weighted by molar-refractivity contribution is 5.87. The van der Waals surface area contributed by atoms with Crippen LogP contribution in [0.2, 0.25) is 0 Å². The molecule has 0 saturated carbocycles. The van der Waals surface area contributed by atoms with Crippen molar-refractivity contribution in [1.29, 1.82) is 0 Å². The number of unbranched alkanes of at least 4 members (excludes halogenated alkanes) is 10. The van der Waals surface area contributed by atoms with E-state index in [0.717, 1.165) is 12.8 Å². The first kappa shape index (κ1) is 18.2. The van der Waals surface area contributed by atoms with Crippen LogP contribution in [0, 0.1) is 0 Å². The molecule has 3 heteroatoms. The summed E-state index contributed by atoms with van der Waals surface area (Å²) in [6.45, 7) is 3.91. The van der Waals surface area contributed by atoms with Crippen molar-refractivity contribution in [3.63, 3.8) is 0 Å². The molecule has 0 unspecified atom stereocenters. The minimum Gasteiger partial charge on any atom is -0.296 e. The molecule has 0 spiro atoms. The number of rotatable bonds is 12. The predicted molar refractivity (Wildman–Crippen MR) is 78.9 cm³/mol. The summed E-state index contributed by atoms with van der Waals surface area (Å²) in [5.41, 5.74) is 0.485. The van der Waals surface area contributed by atoms with E-state index in [1.54, 1.807) is 6.92 Å². The van der Waals surface area contributed by atoms with Crippen molar-refractivity contribution in [2.45, 2.75) is 84.5 Å². The molecule has 0 radical (unpaired) electrons. The van der Waals surface area contributed by atoms with Crippen molar-refractivity contribution in [3.8, 4) is 0 Å². The number of hydrogen-bond acceptors (Lipinski definition) is 3. The minimum absolute atomic E-state index is 0.485. The fourth-order valence-corrected chi connectivity index (χ4v) is 2.11. The van der Waals surface area contributed by atoms with Gasteiger partial charge in [-0.1, -0.05) is 70.8 Å². The Morgan fingerprint density at radius 3 is 1.89 bits per heavy atom. The third-order valence-corrected chi connectivity index (χ3v) is 3.41. The van der Waals surface area contributed by atoms with Crippen molar-refractivity contribution >= 4 is 5.97 Å². The zero-order chi connectivity index (χ0) is 14.3. The second-order valence-electron chi connectivity index (χ2n) is 5.24. The average Bonchev–Trinajstić information content (AvgIpc) is 2.43. The number of carbonyl (C=O) groups is 1. The Bertz CT molecular complexity index is 246. The maximum absolute atomic E-state index is 10.9. The van der Waals surface area contributed by atoms with Gasteiger partial charge >= 0.3 is 5.97 Å². The molecule has 0 aliphatic heterocycles. The van der Waals surface area contributed by atoms with Crippen molar-refractivity contribution in [2.24, 2.45) is 0 Å². The highest BCUT2D eigenvalue weighted by atomic mass is 17.1. The van der Waals surface area contributed by atoms with Gasteiger partial charge in [-0.25, -0.2) is 4.79 Å². The minimum atomic E-state index is -0.646. The number of hydrogen-bond donors (Lipinski definition) is 1. The van der Waals surface area contributed by atoms with Crippen LogP contribution < -0.4 is 0 Å². The van der Waals surface area contributed by atoms with Gasteiger partial charge in [0.1, 0.15) is 0 Å². The Labute approximate surface area is 118 Å².